The van der Waals surface area contributed by atoms with E-state index in [4.69, 9.17) is 16.7 Å². The molecule has 0 unspecified atom stereocenters. The molecular formula is C11H13BrClNO3S. The van der Waals surface area contributed by atoms with Crippen molar-refractivity contribution in [3.05, 3.63) is 27.7 Å². The molecule has 0 atom stereocenters. The minimum atomic E-state index is -3.51. The normalized spacial score (nSPS) is 23.7. The third kappa shape index (κ3) is 3.24. The molecule has 0 bridgehead atoms. The van der Waals surface area contributed by atoms with Gasteiger partial charge in [0.1, 0.15) is 0 Å². The van der Waals surface area contributed by atoms with Gasteiger partial charge in [0.15, 0.2) is 0 Å². The Kier molecular flexibility index (Phi) is 4.33. The zero-order valence-electron chi connectivity index (χ0n) is 9.44. The number of hydrogen-bond acceptors (Lipinski definition) is 3. The van der Waals surface area contributed by atoms with Crippen molar-refractivity contribution in [1.82, 2.24) is 4.72 Å². The maximum Gasteiger partial charge on any atom is 0.240 e. The molecule has 2 N–H and O–H groups in total. The standard InChI is InChI=1S/C11H13BrClNO3S/c12-10-5-9(1-2-11(10)13)18(16,17)14-6-7-3-8(15)4-7/h1-2,5,7-8,14-15H,3-4,6H2. The molecule has 0 aliphatic heterocycles. The average Bonchev–Trinajstić information content (AvgIpc) is 2.26. The average molecular weight is 355 g/mol. The number of sulfonamides is 1. The van der Waals surface area contributed by atoms with Gasteiger partial charge in [0.05, 0.1) is 16.0 Å². The highest BCUT2D eigenvalue weighted by Crippen LogP contribution is 2.28. The van der Waals surface area contributed by atoms with Gasteiger partial charge < -0.3 is 5.11 Å². The van der Waals surface area contributed by atoms with Gasteiger partial charge in [-0.15, -0.1) is 0 Å². The number of aliphatic hydroxyl groups excluding tert-OH is 1. The summed E-state index contributed by atoms with van der Waals surface area (Å²) in [5, 5.41) is 9.60. The van der Waals surface area contributed by atoms with Crippen LogP contribution in [0.25, 0.3) is 0 Å². The van der Waals surface area contributed by atoms with Gasteiger partial charge in [-0.3, -0.25) is 0 Å². The van der Waals surface area contributed by atoms with E-state index in [-0.39, 0.29) is 16.9 Å². The zero-order valence-corrected chi connectivity index (χ0v) is 12.6. The molecule has 4 nitrogen and oxygen atoms in total. The first-order valence-corrected chi connectivity index (χ1v) is 8.16. The number of halogens is 2. The highest BCUT2D eigenvalue weighted by atomic mass is 79.9. The smallest absolute Gasteiger partial charge is 0.240 e. The molecule has 0 amide bonds. The Balaban J connectivity index is 2.03. The van der Waals surface area contributed by atoms with Crippen molar-refractivity contribution in [1.29, 1.82) is 0 Å². The molecule has 100 valence electrons. The van der Waals surface area contributed by atoms with Crippen molar-refractivity contribution in [2.75, 3.05) is 6.54 Å². The van der Waals surface area contributed by atoms with E-state index >= 15 is 0 Å². The number of rotatable bonds is 4. The summed E-state index contributed by atoms with van der Waals surface area (Å²) in [5.74, 6) is 0.227. The molecule has 0 aromatic heterocycles. The topological polar surface area (TPSA) is 66.4 Å². The minimum Gasteiger partial charge on any atom is -0.393 e. The summed E-state index contributed by atoms with van der Waals surface area (Å²) in [5.41, 5.74) is 0. The first kappa shape index (κ1) is 14.3. The van der Waals surface area contributed by atoms with E-state index in [9.17, 15) is 8.42 Å². The molecule has 0 spiro atoms. The summed E-state index contributed by atoms with van der Waals surface area (Å²) in [7, 11) is -3.51. The van der Waals surface area contributed by atoms with E-state index in [0.717, 1.165) is 0 Å². The molecule has 1 fully saturated rings. The third-order valence-electron chi connectivity index (χ3n) is 2.97. The van der Waals surface area contributed by atoms with Crippen LogP contribution in [0.4, 0.5) is 0 Å². The van der Waals surface area contributed by atoms with Crippen LogP contribution in [-0.2, 0) is 10.0 Å². The molecule has 0 heterocycles. The zero-order chi connectivity index (χ0) is 13.3. The molecule has 0 radical (unpaired) electrons. The van der Waals surface area contributed by atoms with E-state index in [1.165, 1.54) is 18.2 Å². The van der Waals surface area contributed by atoms with Crippen LogP contribution in [0.1, 0.15) is 12.8 Å². The lowest BCUT2D eigenvalue weighted by molar-refractivity contribution is 0.0453. The first-order chi connectivity index (χ1) is 8.38. The first-order valence-electron chi connectivity index (χ1n) is 5.51. The molecule has 1 aliphatic rings. The minimum absolute atomic E-state index is 0.179. The van der Waals surface area contributed by atoms with Crippen molar-refractivity contribution in [3.63, 3.8) is 0 Å². The largest absolute Gasteiger partial charge is 0.393 e. The maximum atomic E-state index is 12.0. The Labute approximate surface area is 120 Å². The van der Waals surface area contributed by atoms with Crippen LogP contribution in [0.2, 0.25) is 5.02 Å². The Hall–Kier alpha value is -0.140. The van der Waals surface area contributed by atoms with Crippen LogP contribution in [0.15, 0.2) is 27.6 Å². The molecule has 1 aromatic rings. The van der Waals surface area contributed by atoms with E-state index in [0.29, 0.717) is 28.9 Å². The summed E-state index contributed by atoms with van der Waals surface area (Å²) in [4.78, 5) is 0.179. The maximum absolute atomic E-state index is 12.0. The summed E-state index contributed by atoms with van der Waals surface area (Å²) in [6.45, 7) is 0.361. The second-order valence-corrected chi connectivity index (χ2v) is 7.45. The van der Waals surface area contributed by atoms with Gasteiger partial charge in [0, 0.05) is 11.0 Å². The second-order valence-electron chi connectivity index (χ2n) is 4.42. The van der Waals surface area contributed by atoms with E-state index in [2.05, 4.69) is 20.7 Å². The highest BCUT2D eigenvalue weighted by Gasteiger charge is 2.28. The Morgan fingerprint density at radius 1 is 1.44 bits per heavy atom. The molecule has 0 saturated heterocycles. The van der Waals surface area contributed by atoms with Gasteiger partial charge in [0.25, 0.3) is 0 Å². The molecule has 2 rings (SSSR count). The van der Waals surface area contributed by atoms with E-state index in [1.54, 1.807) is 0 Å². The Bertz CT molecular complexity index is 543. The molecule has 7 heteroatoms. The second kappa shape index (κ2) is 5.46. The summed E-state index contributed by atoms with van der Waals surface area (Å²) < 4.78 is 27.1. The van der Waals surface area contributed by atoms with Crippen molar-refractivity contribution < 1.29 is 13.5 Å². The van der Waals surface area contributed by atoms with Gasteiger partial charge >= 0.3 is 0 Å². The van der Waals surface area contributed by atoms with Crippen molar-refractivity contribution in [2.24, 2.45) is 5.92 Å². The quantitative estimate of drug-likeness (QED) is 0.870. The predicted molar refractivity (Wildman–Crippen MR) is 73.1 cm³/mol. The monoisotopic (exact) mass is 353 g/mol. The molecule has 1 saturated carbocycles. The molecule has 1 aromatic carbocycles. The lowest BCUT2D eigenvalue weighted by Crippen LogP contribution is -2.38. The molecule has 18 heavy (non-hydrogen) atoms. The summed E-state index contributed by atoms with van der Waals surface area (Å²) in [6, 6.07) is 4.47. The van der Waals surface area contributed by atoms with Crippen LogP contribution in [-0.4, -0.2) is 26.2 Å². The number of benzene rings is 1. The lowest BCUT2D eigenvalue weighted by Gasteiger charge is -2.31. The fourth-order valence-electron chi connectivity index (χ4n) is 1.82. The lowest BCUT2D eigenvalue weighted by atomic mass is 9.83. The Morgan fingerprint density at radius 3 is 2.67 bits per heavy atom. The van der Waals surface area contributed by atoms with Crippen LogP contribution in [0.5, 0.6) is 0 Å². The van der Waals surface area contributed by atoms with Crippen molar-refractivity contribution in [3.8, 4) is 0 Å². The van der Waals surface area contributed by atoms with Gasteiger partial charge in [-0.1, -0.05) is 11.6 Å². The summed E-state index contributed by atoms with van der Waals surface area (Å²) >= 11 is 9.01. The van der Waals surface area contributed by atoms with E-state index < -0.39 is 10.0 Å². The van der Waals surface area contributed by atoms with Crippen molar-refractivity contribution >= 4 is 37.6 Å². The molecular weight excluding hydrogens is 342 g/mol. The Morgan fingerprint density at radius 2 is 2.11 bits per heavy atom. The van der Waals surface area contributed by atoms with E-state index in [1.807, 2.05) is 0 Å². The predicted octanol–water partition coefficient (Wildman–Crippen LogP) is 2.15. The fourth-order valence-corrected chi connectivity index (χ4v) is 3.61. The van der Waals surface area contributed by atoms with Crippen LogP contribution in [0, 0.1) is 5.92 Å². The SMILES string of the molecule is O=S(=O)(NCC1CC(O)C1)c1ccc(Cl)c(Br)c1. The number of hydrogen-bond donors (Lipinski definition) is 2. The highest BCUT2D eigenvalue weighted by molar-refractivity contribution is 9.10. The van der Waals surface area contributed by atoms with Gasteiger partial charge in [-0.25, -0.2) is 13.1 Å². The number of aliphatic hydroxyl groups is 1. The number of nitrogens with one attached hydrogen (secondary N) is 1. The summed E-state index contributed by atoms with van der Waals surface area (Å²) in [6.07, 6.45) is 1.05. The van der Waals surface area contributed by atoms with Gasteiger partial charge in [-0.05, 0) is 52.9 Å². The van der Waals surface area contributed by atoms with Gasteiger partial charge in [-0.2, -0.15) is 0 Å². The van der Waals surface area contributed by atoms with Crippen molar-refractivity contribution in [2.45, 2.75) is 23.8 Å². The van der Waals surface area contributed by atoms with Crippen LogP contribution in [0.3, 0.4) is 0 Å². The van der Waals surface area contributed by atoms with Crippen LogP contribution >= 0.6 is 27.5 Å². The van der Waals surface area contributed by atoms with Crippen LogP contribution < -0.4 is 4.72 Å². The van der Waals surface area contributed by atoms with Gasteiger partial charge in [0.2, 0.25) is 10.0 Å². The third-order valence-corrected chi connectivity index (χ3v) is 5.61. The molecule has 1 aliphatic carbocycles. The fraction of sp³-hybridized carbons (Fsp3) is 0.455.